The lowest BCUT2D eigenvalue weighted by Gasteiger charge is -2.36. The van der Waals surface area contributed by atoms with Gasteiger partial charge in [0.1, 0.15) is 5.75 Å². The van der Waals surface area contributed by atoms with Crippen molar-refractivity contribution in [1.82, 2.24) is 14.9 Å². The van der Waals surface area contributed by atoms with Gasteiger partial charge in [-0.05, 0) is 67.6 Å². The number of ether oxygens (including phenoxy) is 1. The molecule has 2 heterocycles. The van der Waals surface area contributed by atoms with E-state index in [9.17, 15) is 9.59 Å². The lowest BCUT2D eigenvalue weighted by Crippen LogP contribution is -2.50. The van der Waals surface area contributed by atoms with Gasteiger partial charge in [-0.2, -0.15) is 0 Å². The highest BCUT2D eigenvalue weighted by atomic mass is 16.5. The molecule has 0 bridgehead atoms. The van der Waals surface area contributed by atoms with Crippen molar-refractivity contribution < 1.29 is 14.3 Å². The molecule has 3 aromatic carbocycles. The van der Waals surface area contributed by atoms with Gasteiger partial charge in [-0.25, -0.2) is 4.98 Å². The van der Waals surface area contributed by atoms with Crippen LogP contribution in [-0.4, -0.2) is 59.3 Å². The van der Waals surface area contributed by atoms with Gasteiger partial charge < -0.3 is 14.5 Å². The predicted octanol–water partition coefficient (Wildman–Crippen LogP) is 4.23. The molecule has 176 valence electrons. The number of rotatable bonds is 6. The standard InChI is InChI=1S/C28H26N4O3/c1-20(33)21-6-10-23(11-7-21)31-14-16-32(17-15-31)28(34)19-35-24-12-8-22(9-13-24)27-18-29-25-4-2-3-5-26(25)30-27/h2-13,18H,14-17,19H2,1H3. The van der Waals surface area contributed by atoms with Gasteiger partial charge in [0.2, 0.25) is 0 Å². The Morgan fingerprint density at radius 3 is 2.23 bits per heavy atom. The van der Waals surface area contributed by atoms with E-state index in [0.717, 1.165) is 41.1 Å². The molecule has 5 rings (SSSR count). The summed E-state index contributed by atoms with van der Waals surface area (Å²) >= 11 is 0. The molecule has 0 atom stereocenters. The molecule has 7 heteroatoms. The number of piperazine rings is 1. The van der Waals surface area contributed by atoms with E-state index in [1.807, 2.05) is 77.7 Å². The number of hydrogen-bond donors (Lipinski definition) is 0. The zero-order valence-electron chi connectivity index (χ0n) is 19.6. The summed E-state index contributed by atoms with van der Waals surface area (Å²) in [4.78, 5) is 37.3. The molecular weight excluding hydrogens is 440 g/mol. The summed E-state index contributed by atoms with van der Waals surface area (Å²) < 4.78 is 5.76. The van der Waals surface area contributed by atoms with Crippen molar-refractivity contribution in [2.75, 3.05) is 37.7 Å². The van der Waals surface area contributed by atoms with Crippen molar-refractivity contribution >= 4 is 28.4 Å². The van der Waals surface area contributed by atoms with Crippen LogP contribution in [0.1, 0.15) is 17.3 Å². The minimum absolute atomic E-state index is 0.00242. The number of nitrogens with zero attached hydrogens (tertiary/aromatic N) is 4. The molecule has 0 aliphatic carbocycles. The predicted molar refractivity (Wildman–Crippen MR) is 136 cm³/mol. The first-order valence-corrected chi connectivity index (χ1v) is 11.7. The van der Waals surface area contributed by atoms with E-state index >= 15 is 0 Å². The molecular formula is C28H26N4O3. The monoisotopic (exact) mass is 466 g/mol. The number of hydrogen-bond acceptors (Lipinski definition) is 6. The third kappa shape index (κ3) is 5.14. The van der Waals surface area contributed by atoms with Gasteiger partial charge in [-0.1, -0.05) is 12.1 Å². The quantitative estimate of drug-likeness (QED) is 0.396. The van der Waals surface area contributed by atoms with Crippen LogP contribution in [0, 0.1) is 0 Å². The van der Waals surface area contributed by atoms with E-state index in [0.29, 0.717) is 24.4 Å². The van der Waals surface area contributed by atoms with Gasteiger partial charge in [0.05, 0.1) is 22.9 Å². The van der Waals surface area contributed by atoms with Crippen molar-refractivity contribution in [3.05, 3.63) is 84.6 Å². The van der Waals surface area contributed by atoms with Gasteiger partial charge in [-0.15, -0.1) is 0 Å². The number of ketones is 1. The molecule has 7 nitrogen and oxygen atoms in total. The number of aromatic nitrogens is 2. The van der Waals surface area contributed by atoms with Crippen molar-refractivity contribution in [2.45, 2.75) is 6.92 Å². The number of para-hydroxylation sites is 2. The van der Waals surface area contributed by atoms with Crippen molar-refractivity contribution in [3.63, 3.8) is 0 Å². The zero-order chi connectivity index (χ0) is 24.2. The SMILES string of the molecule is CC(=O)c1ccc(N2CCN(C(=O)COc3ccc(-c4cnc5ccccc5n4)cc3)CC2)cc1. The highest BCUT2D eigenvalue weighted by Crippen LogP contribution is 2.22. The van der Waals surface area contributed by atoms with Crippen molar-refractivity contribution in [3.8, 4) is 17.0 Å². The summed E-state index contributed by atoms with van der Waals surface area (Å²) in [6, 6.07) is 22.9. The zero-order valence-corrected chi connectivity index (χ0v) is 19.6. The number of carbonyl (C=O) groups is 2. The van der Waals surface area contributed by atoms with Crippen LogP contribution in [0.3, 0.4) is 0 Å². The Morgan fingerprint density at radius 2 is 1.54 bits per heavy atom. The van der Waals surface area contributed by atoms with Gasteiger partial charge in [0.25, 0.3) is 5.91 Å². The Bertz CT molecular complexity index is 1350. The molecule has 0 saturated carbocycles. The molecule has 0 spiro atoms. The number of benzene rings is 3. The third-order valence-corrected chi connectivity index (χ3v) is 6.23. The van der Waals surface area contributed by atoms with E-state index in [1.165, 1.54) is 0 Å². The fraction of sp³-hybridized carbons (Fsp3) is 0.214. The number of fused-ring (bicyclic) bond motifs is 1. The van der Waals surface area contributed by atoms with Crippen LogP contribution >= 0.6 is 0 Å². The summed E-state index contributed by atoms with van der Waals surface area (Å²) in [6.45, 7) is 4.32. The molecule has 1 amide bonds. The topological polar surface area (TPSA) is 75.6 Å². The first-order chi connectivity index (χ1) is 17.1. The van der Waals surface area contributed by atoms with Crippen molar-refractivity contribution in [2.24, 2.45) is 0 Å². The normalized spacial score (nSPS) is 13.6. The van der Waals surface area contributed by atoms with Crippen LogP contribution in [0.15, 0.2) is 79.0 Å². The maximum absolute atomic E-state index is 12.7. The van der Waals surface area contributed by atoms with E-state index in [1.54, 1.807) is 13.1 Å². The Kier molecular flexibility index (Phi) is 6.39. The van der Waals surface area contributed by atoms with Crippen LogP contribution < -0.4 is 9.64 Å². The molecule has 35 heavy (non-hydrogen) atoms. The molecule has 1 aromatic heterocycles. The summed E-state index contributed by atoms with van der Waals surface area (Å²) in [7, 11) is 0. The third-order valence-electron chi connectivity index (χ3n) is 6.23. The molecule has 1 fully saturated rings. The summed E-state index contributed by atoms with van der Waals surface area (Å²) in [5.41, 5.74) is 5.22. The molecule has 0 unspecified atom stereocenters. The average molecular weight is 467 g/mol. The van der Waals surface area contributed by atoms with Gasteiger partial charge >= 0.3 is 0 Å². The first-order valence-electron chi connectivity index (χ1n) is 11.7. The summed E-state index contributed by atoms with van der Waals surface area (Å²) in [6.07, 6.45) is 1.76. The largest absolute Gasteiger partial charge is 0.484 e. The molecule has 4 aromatic rings. The fourth-order valence-electron chi connectivity index (χ4n) is 4.18. The van der Waals surface area contributed by atoms with Crippen LogP contribution in [-0.2, 0) is 4.79 Å². The maximum Gasteiger partial charge on any atom is 0.260 e. The lowest BCUT2D eigenvalue weighted by molar-refractivity contribution is -0.133. The Balaban J connectivity index is 1.13. The maximum atomic E-state index is 12.7. The Morgan fingerprint density at radius 1 is 0.857 bits per heavy atom. The van der Waals surface area contributed by atoms with Gasteiger partial charge in [0.15, 0.2) is 12.4 Å². The minimum Gasteiger partial charge on any atom is -0.484 e. The van der Waals surface area contributed by atoms with Crippen LogP contribution in [0.4, 0.5) is 5.69 Å². The smallest absolute Gasteiger partial charge is 0.260 e. The van der Waals surface area contributed by atoms with Crippen molar-refractivity contribution in [1.29, 1.82) is 0 Å². The van der Waals surface area contributed by atoms with Crippen LogP contribution in [0.5, 0.6) is 5.75 Å². The second kappa shape index (κ2) is 9.93. The van der Waals surface area contributed by atoms with E-state index in [-0.39, 0.29) is 18.3 Å². The average Bonchev–Trinajstić information content (AvgIpc) is 2.92. The van der Waals surface area contributed by atoms with Crippen LogP contribution in [0.25, 0.3) is 22.3 Å². The summed E-state index contributed by atoms with van der Waals surface area (Å²) in [5.74, 6) is 0.671. The fourth-order valence-corrected chi connectivity index (χ4v) is 4.18. The van der Waals surface area contributed by atoms with E-state index < -0.39 is 0 Å². The number of amides is 1. The van der Waals surface area contributed by atoms with Gasteiger partial charge in [0, 0.05) is 43.0 Å². The molecule has 0 N–H and O–H groups in total. The highest BCUT2D eigenvalue weighted by molar-refractivity contribution is 5.94. The second-order valence-electron chi connectivity index (χ2n) is 8.53. The minimum atomic E-state index is -0.0268. The van der Waals surface area contributed by atoms with Crippen LogP contribution in [0.2, 0.25) is 0 Å². The number of anilines is 1. The van der Waals surface area contributed by atoms with E-state index in [2.05, 4.69) is 14.9 Å². The highest BCUT2D eigenvalue weighted by Gasteiger charge is 2.21. The number of Topliss-reactive ketones (excluding diaryl/α,β-unsaturated/α-hetero) is 1. The van der Waals surface area contributed by atoms with E-state index in [4.69, 9.17) is 4.74 Å². The molecule has 1 aliphatic rings. The molecule has 1 saturated heterocycles. The van der Waals surface area contributed by atoms with Gasteiger partial charge in [-0.3, -0.25) is 14.6 Å². The Labute approximate surface area is 204 Å². The first kappa shape index (κ1) is 22.5. The molecule has 1 aliphatic heterocycles. The molecule has 0 radical (unpaired) electrons. The lowest BCUT2D eigenvalue weighted by atomic mass is 10.1. The number of carbonyl (C=O) groups excluding carboxylic acids is 2. The second-order valence-corrected chi connectivity index (χ2v) is 8.53. The summed E-state index contributed by atoms with van der Waals surface area (Å²) in [5, 5.41) is 0. The Hall–Kier alpha value is -4.26.